The molecule has 2 rings (SSSR count). The van der Waals surface area contributed by atoms with Crippen molar-refractivity contribution >= 4 is 36.0 Å². The second-order valence-corrected chi connectivity index (χ2v) is 6.25. The van der Waals surface area contributed by atoms with Gasteiger partial charge in [-0.15, -0.1) is 24.0 Å². The highest BCUT2D eigenvalue weighted by molar-refractivity contribution is 14.0. The summed E-state index contributed by atoms with van der Waals surface area (Å²) in [5.41, 5.74) is 0.741. The SMILES string of the molecule is CCNC(=NCc1ccc(OCC(F)(F)F)nc1)N1CCN(C(=O)OCC)CC1.I. The fraction of sp³-hybridized carbons (Fsp3) is 0.611. The number of halogens is 4. The van der Waals surface area contributed by atoms with Crippen LogP contribution in [0, 0.1) is 0 Å². The van der Waals surface area contributed by atoms with Gasteiger partial charge in [0.25, 0.3) is 0 Å². The van der Waals surface area contributed by atoms with Crippen LogP contribution in [0.25, 0.3) is 0 Å². The Balaban J connectivity index is 0.00000450. The van der Waals surface area contributed by atoms with Crippen molar-refractivity contribution in [2.24, 2.45) is 4.99 Å². The van der Waals surface area contributed by atoms with E-state index in [0.29, 0.717) is 51.8 Å². The van der Waals surface area contributed by atoms with Gasteiger partial charge in [0.1, 0.15) is 0 Å². The number of rotatable bonds is 6. The Hall–Kier alpha value is -1.99. The monoisotopic (exact) mass is 545 g/mol. The van der Waals surface area contributed by atoms with Gasteiger partial charge in [-0.25, -0.2) is 14.8 Å². The summed E-state index contributed by atoms with van der Waals surface area (Å²) >= 11 is 0. The number of carbonyl (C=O) groups is 1. The summed E-state index contributed by atoms with van der Waals surface area (Å²) in [5.74, 6) is 0.616. The molecule has 0 spiro atoms. The Morgan fingerprint density at radius 3 is 2.40 bits per heavy atom. The van der Waals surface area contributed by atoms with Crippen molar-refractivity contribution < 1.29 is 27.4 Å². The van der Waals surface area contributed by atoms with Crippen LogP contribution in [-0.4, -0.2) is 79.0 Å². The van der Waals surface area contributed by atoms with Crippen molar-refractivity contribution in [2.45, 2.75) is 26.6 Å². The molecule has 1 saturated heterocycles. The number of hydrogen-bond donors (Lipinski definition) is 1. The number of amides is 1. The molecule has 1 aliphatic rings. The predicted molar refractivity (Wildman–Crippen MR) is 116 cm³/mol. The van der Waals surface area contributed by atoms with Gasteiger partial charge in [0.05, 0.1) is 13.2 Å². The first-order valence-corrected chi connectivity index (χ1v) is 9.41. The van der Waals surface area contributed by atoms with Gasteiger partial charge in [-0.1, -0.05) is 6.07 Å². The van der Waals surface area contributed by atoms with E-state index < -0.39 is 12.8 Å². The smallest absolute Gasteiger partial charge is 0.422 e. The lowest BCUT2D eigenvalue weighted by Crippen LogP contribution is -2.53. The third kappa shape index (κ3) is 8.79. The van der Waals surface area contributed by atoms with Gasteiger partial charge >= 0.3 is 12.3 Å². The normalized spacial score (nSPS) is 14.8. The predicted octanol–water partition coefficient (Wildman–Crippen LogP) is 2.88. The van der Waals surface area contributed by atoms with Gasteiger partial charge in [-0.05, 0) is 19.4 Å². The van der Waals surface area contributed by atoms with E-state index in [1.165, 1.54) is 12.3 Å². The highest BCUT2D eigenvalue weighted by atomic mass is 127. The lowest BCUT2D eigenvalue weighted by Gasteiger charge is -2.35. The molecule has 0 saturated carbocycles. The van der Waals surface area contributed by atoms with Crippen LogP contribution in [0.3, 0.4) is 0 Å². The average molecular weight is 545 g/mol. The van der Waals surface area contributed by atoms with E-state index in [4.69, 9.17) is 4.74 Å². The molecule has 8 nitrogen and oxygen atoms in total. The van der Waals surface area contributed by atoms with E-state index in [9.17, 15) is 18.0 Å². The molecule has 0 unspecified atom stereocenters. The van der Waals surface area contributed by atoms with Crippen LogP contribution in [-0.2, 0) is 11.3 Å². The second-order valence-electron chi connectivity index (χ2n) is 6.25. The van der Waals surface area contributed by atoms with E-state index >= 15 is 0 Å². The number of aliphatic imine (C=N–C) groups is 1. The highest BCUT2D eigenvalue weighted by Crippen LogP contribution is 2.17. The number of ether oxygens (including phenoxy) is 2. The topological polar surface area (TPSA) is 79.3 Å². The van der Waals surface area contributed by atoms with Crippen molar-refractivity contribution in [3.63, 3.8) is 0 Å². The summed E-state index contributed by atoms with van der Waals surface area (Å²) in [6, 6.07) is 3.02. The Kier molecular flexibility index (Phi) is 11.0. The maximum Gasteiger partial charge on any atom is 0.422 e. The van der Waals surface area contributed by atoms with Gasteiger partial charge < -0.3 is 24.6 Å². The Bertz CT molecular complexity index is 681. The van der Waals surface area contributed by atoms with Crippen LogP contribution >= 0.6 is 24.0 Å². The first-order valence-electron chi connectivity index (χ1n) is 9.41. The zero-order valence-electron chi connectivity index (χ0n) is 16.9. The fourth-order valence-electron chi connectivity index (χ4n) is 2.65. The Morgan fingerprint density at radius 1 is 1.20 bits per heavy atom. The molecule has 0 atom stereocenters. The van der Waals surface area contributed by atoms with E-state index in [-0.39, 0.29) is 35.9 Å². The molecule has 1 aromatic heterocycles. The maximum absolute atomic E-state index is 12.2. The third-order valence-corrected chi connectivity index (χ3v) is 4.03. The van der Waals surface area contributed by atoms with Crippen LogP contribution < -0.4 is 10.1 Å². The molecule has 1 N–H and O–H groups in total. The number of nitrogens with one attached hydrogen (secondary N) is 1. The molecule has 170 valence electrons. The second kappa shape index (κ2) is 12.6. The summed E-state index contributed by atoms with van der Waals surface area (Å²) in [4.78, 5) is 24.0. The largest absolute Gasteiger partial charge is 0.468 e. The van der Waals surface area contributed by atoms with E-state index in [1.807, 2.05) is 11.8 Å². The van der Waals surface area contributed by atoms with Crippen molar-refractivity contribution in [2.75, 3.05) is 45.9 Å². The molecule has 0 bridgehead atoms. The van der Waals surface area contributed by atoms with Gasteiger partial charge in [-0.2, -0.15) is 13.2 Å². The summed E-state index contributed by atoms with van der Waals surface area (Å²) < 4.78 is 46.1. The first-order chi connectivity index (χ1) is 13.8. The van der Waals surface area contributed by atoms with Crippen molar-refractivity contribution in [1.82, 2.24) is 20.1 Å². The quantitative estimate of drug-likeness (QED) is 0.337. The van der Waals surface area contributed by atoms with Crippen LogP contribution in [0.2, 0.25) is 0 Å². The summed E-state index contributed by atoms with van der Waals surface area (Å²) in [7, 11) is 0. The molecule has 0 aromatic carbocycles. The third-order valence-electron chi connectivity index (χ3n) is 4.03. The number of alkyl halides is 3. The number of carbonyl (C=O) groups excluding carboxylic acids is 1. The first kappa shape index (κ1) is 26.0. The fourth-order valence-corrected chi connectivity index (χ4v) is 2.65. The number of pyridine rings is 1. The molecule has 0 radical (unpaired) electrons. The zero-order chi connectivity index (χ0) is 21.3. The number of hydrogen-bond acceptors (Lipinski definition) is 5. The highest BCUT2D eigenvalue weighted by Gasteiger charge is 2.28. The lowest BCUT2D eigenvalue weighted by atomic mass is 10.3. The molecule has 1 fully saturated rings. The van der Waals surface area contributed by atoms with Crippen molar-refractivity contribution in [3.05, 3.63) is 23.9 Å². The van der Waals surface area contributed by atoms with Crippen LogP contribution in [0.4, 0.5) is 18.0 Å². The van der Waals surface area contributed by atoms with E-state index in [1.54, 1.807) is 17.9 Å². The molecular weight excluding hydrogens is 518 g/mol. The number of guanidine groups is 1. The minimum Gasteiger partial charge on any atom is -0.468 e. The Labute approximate surface area is 190 Å². The summed E-state index contributed by atoms with van der Waals surface area (Å²) in [5, 5.41) is 3.21. The Morgan fingerprint density at radius 2 is 1.87 bits per heavy atom. The van der Waals surface area contributed by atoms with Crippen LogP contribution in [0.1, 0.15) is 19.4 Å². The molecule has 2 heterocycles. The van der Waals surface area contributed by atoms with Crippen LogP contribution in [0.15, 0.2) is 23.3 Å². The molecular formula is C18H27F3IN5O3. The molecule has 12 heteroatoms. The van der Waals surface area contributed by atoms with Gasteiger partial charge in [0.15, 0.2) is 12.6 Å². The zero-order valence-corrected chi connectivity index (χ0v) is 19.3. The standard InChI is InChI=1S/C18H26F3N5O3.HI/c1-3-22-16(25-7-9-26(10-8-25)17(27)28-4-2)24-12-14-5-6-15(23-11-14)29-13-18(19,20)21;/h5-6,11H,3-4,7-10,12-13H2,1-2H3,(H,22,24);1H. The van der Waals surface area contributed by atoms with Crippen molar-refractivity contribution in [3.8, 4) is 5.88 Å². The van der Waals surface area contributed by atoms with Gasteiger partial charge in [0, 0.05) is 45.0 Å². The average Bonchev–Trinajstić information content (AvgIpc) is 2.70. The minimum absolute atomic E-state index is 0. The van der Waals surface area contributed by atoms with Crippen molar-refractivity contribution in [1.29, 1.82) is 0 Å². The lowest BCUT2D eigenvalue weighted by molar-refractivity contribution is -0.154. The molecule has 30 heavy (non-hydrogen) atoms. The van der Waals surface area contributed by atoms with Crippen LogP contribution in [0.5, 0.6) is 5.88 Å². The van der Waals surface area contributed by atoms with E-state index in [0.717, 1.165) is 5.56 Å². The van der Waals surface area contributed by atoms with E-state index in [2.05, 4.69) is 20.0 Å². The number of piperazine rings is 1. The summed E-state index contributed by atoms with van der Waals surface area (Å²) in [6.45, 7) is 6.00. The van der Waals surface area contributed by atoms with Gasteiger partial charge in [-0.3, -0.25) is 0 Å². The maximum atomic E-state index is 12.2. The molecule has 1 aromatic rings. The molecule has 1 aliphatic heterocycles. The van der Waals surface area contributed by atoms with Gasteiger partial charge in [0.2, 0.25) is 5.88 Å². The summed E-state index contributed by atoms with van der Waals surface area (Å²) in [6.07, 6.45) is -3.27. The number of nitrogens with zero attached hydrogens (tertiary/aromatic N) is 4. The minimum atomic E-state index is -4.40. The molecule has 0 aliphatic carbocycles. The molecule has 1 amide bonds. The number of aromatic nitrogens is 1.